The molecule has 4 rings (SSSR count). The van der Waals surface area contributed by atoms with Gasteiger partial charge >= 0.3 is 6.18 Å². The molecule has 0 spiro atoms. The Morgan fingerprint density at radius 3 is 2.62 bits per heavy atom. The molecule has 1 aromatic carbocycles. The zero-order chi connectivity index (χ0) is 22.9. The van der Waals surface area contributed by atoms with E-state index in [1.54, 1.807) is 13.4 Å². The number of hydrogen-bond acceptors (Lipinski definition) is 7. The third-order valence-electron chi connectivity index (χ3n) is 4.86. The molecular formula is C21H23F3N6O2. The van der Waals surface area contributed by atoms with Crippen LogP contribution in [-0.4, -0.2) is 45.5 Å². The summed E-state index contributed by atoms with van der Waals surface area (Å²) in [6.45, 7) is 0.226. The lowest BCUT2D eigenvalue weighted by Gasteiger charge is -2.24. The highest BCUT2D eigenvalue weighted by Crippen LogP contribution is 2.39. The molecule has 2 heterocycles. The lowest BCUT2D eigenvalue weighted by molar-refractivity contribution is -0.176. The molecule has 0 unspecified atom stereocenters. The molecule has 2 N–H and O–H groups in total. The zero-order valence-electron chi connectivity index (χ0n) is 17.6. The van der Waals surface area contributed by atoms with Gasteiger partial charge in [-0.3, -0.25) is 0 Å². The molecule has 0 atom stereocenters. The quantitative estimate of drug-likeness (QED) is 0.558. The summed E-state index contributed by atoms with van der Waals surface area (Å²) in [6, 6.07) is 7.26. The number of imidazole rings is 1. The van der Waals surface area contributed by atoms with Crippen molar-refractivity contribution in [1.29, 1.82) is 0 Å². The second-order valence-electron chi connectivity index (χ2n) is 7.57. The Balaban J connectivity index is 1.64. The number of methoxy groups -OCH3 is 1. The smallest absolute Gasteiger partial charge is 0.411 e. The van der Waals surface area contributed by atoms with Crippen LogP contribution in [0.2, 0.25) is 0 Å². The molecule has 1 aliphatic carbocycles. The van der Waals surface area contributed by atoms with Gasteiger partial charge in [-0.05, 0) is 31.9 Å². The average molecular weight is 448 g/mol. The first-order valence-corrected chi connectivity index (χ1v) is 9.99. The van der Waals surface area contributed by atoms with Gasteiger partial charge in [-0.1, -0.05) is 0 Å². The van der Waals surface area contributed by atoms with Crippen molar-refractivity contribution in [3.63, 3.8) is 0 Å². The highest BCUT2D eigenvalue weighted by atomic mass is 19.4. The normalized spacial score (nSPS) is 13.9. The van der Waals surface area contributed by atoms with Gasteiger partial charge in [0.1, 0.15) is 18.2 Å². The Morgan fingerprint density at radius 1 is 1.22 bits per heavy atom. The fraction of sp³-hybridized carbons (Fsp3) is 0.381. The first-order valence-electron chi connectivity index (χ1n) is 9.99. The Bertz CT molecular complexity index is 1100. The predicted octanol–water partition coefficient (Wildman–Crippen LogP) is 3.94. The van der Waals surface area contributed by atoms with Crippen molar-refractivity contribution in [1.82, 2.24) is 19.5 Å². The second-order valence-corrected chi connectivity index (χ2v) is 7.57. The van der Waals surface area contributed by atoms with Crippen molar-refractivity contribution in [3.05, 3.63) is 48.2 Å². The molecule has 3 aromatic rings. The van der Waals surface area contributed by atoms with E-state index in [4.69, 9.17) is 15.2 Å². The molecule has 11 heteroatoms. The van der Waals surface area contributed by atoms with E-state index in [1.807, 2.05) is 40.8 Å². The summed E-state index contributed by atoms with van der Waals surface area (Å²) in [7, 11) is 1.58. The lowest BCUT2D eigenvalue weighted by atomic mass is 10.2. The van der Waals surface area contributed by atoms with E-state index in [2.05, 4.69) is 15.0 Å². The standard InChI is InChI=1S/C21H23F3N6O2/c1-13-9-29(12-26-13)17-6-5-16(8-18(17)31-2)30(15-3-4-15)20-27-14(7-19(25)28-20)10-32-11-21(22,23)24/h5-9,12,15H,3-4,10-11H2,1-2H3,(H2,25,27,28). The van der Waals surface area contributed by atoms with Crippen molar-refractivity contribution in [2.75, 3.05) is 24.4 Å². The van der Waals surface area contributed by atoms with Crippen molar-refractivity contribution < 1.29 is 22.6 Å². The number of nitrogens with two attached hydrogens (primary N) is 1. The van der Waals surface area contributed by atoms with Gasteiger partial charge in [-0.15, -0.1) is 0 Å². The van der Waals surface area contributed by atoms with E-state index < -0.39 is 12.8 Å². The van der Waals surface area contributed by atoms with Crippen LogP contribution >= 0.6 is 0 Å². The molecule has 170 valence electrons. The summed E-state index contributed by atoms with van der Waals surface area (Å²) >= 11 is 0. The molecule has 0 saturated heterocycles. The number of hydrogen-bond donors (Lipinski definition) is 1. The monoisotopic (exact) mass is 448 g/mol. The summed E-state index contributed by atoms with van der Waals surface area (Å²) < 4.78 is 49.4. The highest BCUT2D eigenvalue weighted by molar-refractivity contribution is 5.66. The molecule has 32 heavy (non-hydrogen) atoms. The van der Waals surface area contributed by atoms with Crippen LogP contribution in [0.15, 0.2) is 36.8 Å². The van der Waals surface area contributed by atoms with Gasteiger partial charge in [-0.2, -0.15) is 18.2 Å². The van der Waals surface area contributed by atoms with E-state index in [0.29, 0.717) is 11.7 Å². The molecule has 0 bridgehead atoms. The molecule has 1 aliphatic rings. The first kappa shape index (κ1) is 21.9. The van der Waals surface area contributed by atoms with Gasteiger partial charge in [0.2, 0.25) is 5.95 Å². The van der Waals surface area contributed by atoms with Gasteiger partial charge in [0.05, 0.1) is 37.1 Å². The van der Waals surface area contributed by atoms with E-state index in [9.17, 15) is 13.2 Å². The Hall–Kier alpha value is -3.34. The summed E-state index contributed by atoms with van der Waals surface area (Å²) in [6.07, 6.45) is 1.06. The van der Waals surface area contributed by atoms with E-state index in [1.165, 1.54) is 6.07 Å². The molecular weight excluding hydrogens is 425 g/mol. The molecule has 0 radical (unpaired) electrons. The van der Waals surface area contributed by atoms with Crippen LogP contribution in [0.3, 0.4) is 0 Å². The Labute approximate surface area is 182 Å². The third-order valence-corrected chi connectivity index (χ3v) is 4.86. The van der Waals surface area contributed by atoms with E-state index in [-0.39, 0.29) is 24.2 Å². The fourth-order valence-corrected chi connectivity index (χ4v) is 3.36. The summed E-state index contributed by atoms with van der Waals surface area (Å²) in [5, 5.41) is 0. The van der Waals surface area contributed by atoms with Crippen LogP contribution in [0.1, 0.15) is 24.2 Å². The first-order chi connectivity index (χ1) is 15.2. The molecule has 8 nitrogen and oxygen atoms in total. The largest absolute Gasteiger partial charge is 0.494 e. The average Bonchev–Trinajstić information content (AvgIpc) is 3.46. The van der Waals surface area contributed by atoms with E-state index >= 15 is 0 Å². The van der Waals surface area contributed by atoms with Gasteiger partial charge in [0.25, 0.3) is 0 Å². The number of nitrogen functional groups attached to an aromatic ring is 1. The molecule has 2 aromatic heterocycles. The van der Waals surface area contributed by atoms with Crippen LogP contribution in [0.25, 0.3) is 5.69 Å². The SMILES string of the molecule is COc1cc(N(c2nc(N)cc(COCC(F)(F)F)n2)C2CC2)ccc1-n1cnc(C)c1. The number of ether oxygens (including phenoxy) is 2. The Morgan fingerprint density at radius 2 is 2.00 bits per heavy atom. The summed E-state index contributed by atoms with van der Waals surface area (Å²) in [5.41, 5.74) is 8.69. The molecule has 1 saturated carbocycles. The molecule has 1 fully saturated rings. The van der Waals surface area contributed by atoms with Crippen molar-refractivity contribution in [3.8, 4) is 11.4 Å². The second kappa shape index (κ2) is 8.65. The van der Waals surface area contributed by atoms with Crippen LogP contribution in [0.4, 0.5) is 30.6 Å². The van der Waals surface area contributed by atoms with Gasteiger partial charge in [0, 0.05) is 30.1 Å². The number of aromatic nitrogens is 4. The zero-order valence-corrected chi connectivity index (χ0v) is 17.6. The van der Waals surface area contributed by atoms with Crippen molar-refractivity contribution >= 4 is 17.5 Å². The number of alkyl halides is 3. The minimum Gasteiger partial charge on any atom is -0.494 e. The molecule has 0 aliphatic heterocycles. The van der Waals surface area contributed by atoms with Crippen LogP contribution in [0.5, 0.6) is 5.75 Å². The number of halogens is 3. The minimum atomic E-state index is -4.41. The van der Waals surface area contributed by atoms with Gasteiger partial charge in [0.15, 0.2) is 0 Å². The van der Waals surface area contributed by atoms with Crippen molar-refractivity contribution in [2.24, 2.45) is 0 Å². The summed E-state index contributed by atoms with van der Waals surface area (Å²) in [5.74, 6) is 1.10. The van der Waals surface area contributed by atoms with Gasteiger partial charge < -0.3 is 24.7 Å². The predicted molar refractivity (Wildman–Crippen MR) is 112 cm³/mol. The van der Waals surface area contributed by atoms with Crippen LogP contribution in [0, 0.1) is 6.92 Å². The minimum absolute atomic E-state index is 0.156. The van der Waals surface area contributed by atoms with E-state index in [0.717, 1.165) is 29.9 Å². The van der Waals surface area contributed by atoms with Crippen LogP contribution < -0.4 is 15.4 Å². The number of nitrogens with zero attached hydrogens (tertiary/aromatic N) is 5. The third kappa shape index (κ3) is 5.10. The van der Waals surface area contributed by atoms with Gasteiger partial charge in [-0.25, -0.2) is 9.97 Å². The Kier molecular flexibility index (Phi) is 5.92. The summed E-state index contributed by atoms with van der Waals surface area (Å²) in [4.78, 5) is 14.9. The number of benzene rings is 1. The topological polar surface area (TPSA) is 91.3 Å². The number of anilines is 3. The highest BCUT2D eigenvalue weighted by Gasteiger charge is 2.33. The fourth-order valence-electron chi connectivity index (χ4n) is 3.36. The maximum atomic E-state index is 12.4. The number of rotatable bonds is 8. The maximum Gasteiger partial charge on any atom is 0.411 e. The van der Waals surface area contributed by atoms with Crippen molar-refractivity contribution in [2.45, 2.75) is 38.6 Å². The molecule has 0 amide bonds. The lowest BCUT2D eigenvalue weighted by Crippen LogP contribution is -2.23. The maximum absolute atomic E-state index is 12.4. The van der Waals surface area contributed by atoms with Crippen LogP contribution in [-0.2, 0) is 11.3 Å². The number of aryl methyl sites for hydroxylation is 1.